The van der Waals surface area contributed by atoms with Crippen molar-refractivity contribution < 1.29 is 9.59 Å². The van der Waals surface area contributed by atoms with Crippen molar-refractivity contribution in [1.29, 1.82) is 0 Å². The average Bonchev–Trinajstić information content (AvgIpc) is 3.21. The summed E-state index contributed by atoms with van der Waals surface area (Å²) >= 11 is 0. The standard InChI is InChI=1S/C20H27N3O2/c24-19(22-13-9-16-6-1-2-7-17(16)14-22)18-8-5-12-23(15-18)20(25)21-10-3-4-11-21/h1-2,6-7,18H,3-5,8-15H2/t18-/m0/s1. The third-order valence-electron chi connectivity index (χ3n) is 5.86. The minimum Gasteiger partial charge on any atom is -0.338 e. The second-order valence-corrected chi connectivity index (χ2v) is 7.54. The number of likely N-dealkylation sites (tertiary alicyclic amines) is 2. The van der Waals surface area contributed by atoms with Gasteiger partial charge in [0.15, 0.2) is 0 Å². The van der Waals surface area contributed by atoms with Crippen molar-refractivity contribution in [2.75, 3.05) is 32.7 Å². The number of rotatable bonds is 1. The van der Waals surface area contributed by atoms with Crippen molar-refractivity contribution in [3.8, 4) is 0 Å². The molecule has 5 heteroatoms. The molecule has 1 aromatic rings. The quantitative estimate of drug-likeness (QED) is 0.788. The van der Waals surface area contributed by atoms with Crippen molar-refractivity contribution in [3.05, 3.63) is 35.4 Å². The smallest absolute Gasteiger partial charge is 0.320 e. The van der Waals surface area contributed by atoms with Crippen molar-refractivity contribution in [2.24, 2.45) is 5.92 Å². The fraction of sp³-hybridized carbons (Fsp3) is 0.600. The Morgan fingerprint density at radius 1 is 0.840 bits per heavy atom. The summed E-state index contributed by atoms with van der Waals surface area (Å²) in [7, 11) is 0. The first-order valence-electron chi connectivity index (χ1n) is 9.62. The van der Waals surface area contributed by atoms with Crippen LogP contribution in [0.5, 0.6) is 0 Å². The van der Waals surface area contributed by atoms with Crippen molar-refractivity contribution in [1.82, 2.24) is 14.7 Å². The van der Waals surface area contributed by atoms with E-state index in [1.807, 2.05) is 20.8 Å². The molecular weight excluding hydrogens is 314 g/mol. The summed E-state index contributed by atoms with van der Waals surface area (Å²) in [6.07, 6.45) is 4.98. The zero-order chi connectivity index (χ0) is 17.2. The first-order chi connectivity index (χ1) is 12.2. The van der Waals surface area contributed by atoms with E-state index < -0.39 is 0 Å². The molecule has 0 aromatic heterocycles. The monoisotopic (exact) mass is 341 g/mol. The highest BCUT2D eigenvalue weighted by Gasteiger charge is 2.34. The van der Waals surface area contributed by atoms with E-state index in [1.54, 1.807) is 0 Å². The molecule has 0 saturated carbocycles. The second-order valence-electron chi connectivity index (χ2n) is 7.54. The molecule has 0 spiro atoms. The van der Waals surface area contributed by atoms with E-state index in [2.05, 4.69) is 18.2 Å². The lowest BCUT2D eigenvalue weighted by atomic mass is 9.94. The molecule has 3 amide bonds. The molecule has 1 atom stereocenters. The number of urea groups is 1. The average molecular weight is 341 g/mol. The Bertz CT molecular complexity index is 654. The number of amides is 3. The summed E-state index contributed by atoms with van der Waals surface area (Å²) < 4.78 is 0. The van der Waals surface area contributed by atoms with Crippen LogP contribution in [0.3, 0.4) is 0 Å². The van der Waals surface area contributed by atoms with Gasteiger partial charge in [-0.25, -0.2) is 4.79 Å². The van der Waals surface area contributed by atoms with Gasteiger partial charge in [0, 0.05) is 39.3 Å². The molecular formula is C20H27N3O2. The van der Waals surface area contributed by atoms with Gasteiger partial charge >= 0.3 is 6.03 Å². The van der Waals surface area contributed by atoms with E-state index in [9.17, 15) is 9.59 Å². The van der Waals surface area contributed by atoms with Crippen LogP contribution in [0.1, 0.15) is 36.8 Å². The van der Waals surface area contributed by atoms with Gasteiger partial charge in [0.05, 0.1) is 5.92 Å². The van der Waals surface area contributed by atoms with E-state index in [1.165, 1.54) is 11.1 Å². The van der Waals surface area contributed by atoms with E-state index >= 15 is 0 Å². The van der Waals surface area contributed by atoms with Crippen LogP contribution in [0.25, 0.3) is 0 Å². The second kappa shape index (κ2) is 7.06. The fourth-order valence-electron chi connectivity index (χ4n) is 4.40. The molecule has 5 nitrogen and oxygen atoms in total. The van der Waals surface area contributed by atoms with Crippen LogP contribution in [-0.4, -0.2) is 59.4 Å². The Hall–Kier alpha value is -2.04. The van der Waals surface area contributed by atoms with Gasteiger partial charge in [-0.3, -0.25) is 4.79 Å². The Morgan fingerprint density at radius 3 is 2.36 bits per heavy atom. The number of fused-ring (bicyclic) bond motifs is 1. The number of piperidine rings is 1. The number of carbonyl (C=O) groups excluding carboxylic acids is 2. The highest BCUT2D eigenvalue weighted by Crippen LogP contribution is 2.25. The van der Waals surface area contributed by atoms with Gasteiger partial charge in [-0.2, -0.15) is 0 Å². The molecule has 4 rings (SSSR count). The zero-order valence-electron chi connectivity index (χ0n) is 14.8. The maximum absolute atomic E-state index is 13.0. The van der Waals surface area contributed by atoms with Gasteiger partial charge < -0.3 is 14.7 Å². The molecule has 0 unspecified atom stereocenters. The van der Waals surface area contributed by atoms with E-state index in [-0.39, 0.29) is 17.9 Å². The van der Waals surface area contributed by atoms with Gasteiger partial charge in [0.2, 0.25) is 5.91 Å². The highest BCUT2D eigenvalue weighted by molar-refractivity contribution is 5.81. The lowest BCUT2D eigenvalue weighted by Gasteiger charge is -2.38. The molecule has 1 aromatic carbocycles. The zero-order valence-corrected chi connectivity index (χ0v) is 14.8. The predicted octanol–water partition coefficient (Wildman–Crippen LogP) is 2.50. The van der Waals surface area contributed by atoms with Gasteiger partial charge in [0.1, 0.15) is 0 Å². The van der Waals surface area contributed by atoms with Gasteiger partial charge in [-0.1, -0.05) is 24.3 Å². The normalized spacial score (nSPS) is 23.5. The number of carbonyl (C=O) groups is 2. The molecule has 3 heterocycles. The van der Waals surface area contributed by atoms with Gasteiger partial charge in [-0.05, 0) is 43.2 Å². The minimum absolute atomic E-state index is 0.0365. The molecule has 0 N–H and O–H groups in total. The van der Waals surface area contributed by atoms with Crippen LogP contribution >= 0.6 is 0 Å². The van der Waals surface area contributed by atoms with Gasteiger partial charge in [0.25, 0.3) is 0 Å². The van der Waals surface area contributed by atoms with Crippen LogP contribution in [0, 0.1) is 5.92 Å². The van der Waals surface area contributed by atoms with Crippen LogP contribution in [-0.2, 0) is 17.8 Å². The predicted molar refractivity (Wildman–Crippen MR) is 96.1 cm³/mol. The Morgan fingerprint density at radius 2 is 1.56 bits per heavy atom. The first kappa shape index (κ1) is 16.4. The number of hydrogen-bond acceptors (Lipinski definition) is 2. The van der Waals surface area contributed by atoms with E-state index in [0.29, 0.717) is 13.1 Å². The lowest BCUT2D eigenvalue weighted by Crippen LogP contribution is -2.50. The Balaban J connectivity index is 1.39. The largest absolute Gasteiger partial charge is 0.338 e. The lowest BCUT2D eigenvalue weighted by molar-refractivity contribution is -0.137. The minimum atomic E-state index is -0.0365. The van der Waals surface area contributed by atoms with Crippen molar-refractivity contribution in [2.45, 2.75) is 38.6 Å². The molecule has 3 aliphatic heterocycles. The summed E-state index contributed by atoms with van der Waals surface area (Å²) in [6, 6.07) is 8.54. The molecule has 0 aliphatic carbocycles. The summed E-state index contributed by atoms with van der Waals surface area (Å²) in [5.41, 5.74) is 2.63. The highest BCUT2D eigenvalue weighted by atomic mass is 16.2. The fourth-order valence-corrected chi connectivity index (χ4v) is 4.40. The molecule has 2 fully saturated rings. The van der Waals surface area contributed by atoms with Gasteiger partial charge in [-0.15, -0.1) is 0 Å². The van der Waals surface area contributed by atoms with E-state index in [0.717, 1.165) is 58.3 Å². The maximum atomic E-state index is 13.0. The third-order valence-corrected chi connectivity index (χ3v) is 5.86. The topological polar surface area (TPSA) is 43.9 Å². The van der Waals surface area contributed by atoms with E-state index in [4.69, 9.17) is 0 Å². The van der Waals surface area contributed by atoms with Crippen LogP contribution < -0.4 is 0 Å². The molecule has 2 saturated heterocycles. The van der Waals surface area contributed by atoms with Crippen LogP contribution in [0.4, 0.5) is 4.79 Å². The molecule has 0 bridgehead atoms. The Kier molecular flexibility index (Phi) is 4.64. The molecule has 25 heavy (non-hydrogen) atoms. The molecule has 3 aliphatic rings. The summed E-state index contributed by atoms with van der Waals surface area (Å²) in [5.74, 6) is 0.194. The SMILES string of the molecule is O=C([C@H]1CCCN(C(=O)N2CCCC2)C1)N1CCc2ccccc2C1. The summed E-state index contributed by atoms with van der Waals surface area (Å²) in [6.45, 7) is 4.64. The molecule has 134 valence electrons. The number of hydrogen-bond donors (Lipinski definition) is 0. The summed E-state index contributed by atoms with van der Waals surface area (Å²) in [4.78, 5) is 31.5. The Labute approximate surface area is 149 Å². The summed E-state index contributed by atoms with van der Waals surface area (Å²) in [5, 5.41) is 0. The van der Waals surface area contributed by atoms with Crippen molar-refractivity contribution >= 4 is 11.9 Å². The maximum Gasteiger partial charge on any atom is 0.320 e. The van der Waals surface area contributed by atoms with Crippen molar-refractivity contribution in [3.63, 3.8) is 0 Å². The number of nitrogens with zero attached hydrogens (tertiary/aromatic N) is 3. The van der Waals surface area contributed by atoms with Crippen LogP contribution in [0.2, 0.25) is 0 Å². The van der Waals surface area contributed by atoms with Crippen LogP contribution in [0.15, 0.2) is 24.3 Å². The number of benzene rings is 1. The molecule has 0 radical (unpaired) electrons. The third kappa shape index (κ3) is 3.37. The first-order valence-corrected chi connectivity index (χ1v) is 9.62.